The number of rotatable bonds is 1. The molecule has 0 bridgehead atoms. The lowest BCUT2D eigenvalue weighted by Gasteiger charge is -2.32. The van der Waals surface area contributed by atoms with E-state index < -0.39 is 0 Å². The molecule has 1 aromatic carbocycles. The van der Waals surface area contributed by atoms with Gasteiger partial charge in [-0.1, -0.05) is 6.07 Å². The molecule has 2 aliphatic rings. The lowest BCUT2D eigenvalue weighted by Crippen LogP contribution is -2.46. The average molecular weight is 246 g/mol. The minimum atomic E-state index is -0.304. The second-order valence-electron chi connectivity index (χ2n) is 5.08. The van der Waals surface area contributed by atoms with Gasteiger partial charge in [0.1, 0.15) is 5.75 Å². The minimum Gasteiger partial charge on any atom is -0.497 e. The van der Waals surface area contributed by atoms with E-state index in [9.17, 15) is 4.79 Å². The zero-order valence-corrected chi connectivity index (χ0v) is 10.8. The maximum Gasteiger partial charge on any atom is 0.237 e. The first-order chi connectivity index (χ1) is 8.69. The summed E-state index contributed by atoms with van der Waals surface area (Å²) in [7, 11) is 3.51. The van der Waals surface area contributed by atoms with Crippen molar-refractivity contribution < 1.29 is 9.53 Å². The predicted molar refractivity (Wildman–Crippen MR) is 70.2 cm³/mol. The molecule has 0 aliphatic carbocycles. The number of hydrogen-bond acceptors (Lipinski definition) is 3. The molecule has 0 unspecified atom stereocenters. The van der Waals surface area contributed by atoms with Crippen LogP contribution in [0.2, 0.25) is 0 Å². The molecule has 1 amide bonds. The Hall–Kier alpha value is -1.55. The van der Waals surface area contributed by atoms with Gasteiger partial charge in [-0.15, -0.1) is 0 Å². The summed E-state index contributed by atoms with van der Waals surface area (Å²) in [5.41, 5.74) is 1.86. The number of benzene rings is 1. The van der Waals surface area contributed by atoms with E-state index in [0.717, 1.165) is 42.9 Å². The molecule has 96 valence electrons. The van der Waals surface area contributed by atoms with Crippen LogP contribution in [-0.4, -0.2) is 33.2 Å². The number of nitrogens with zero attached hydrogens (tertiary/aromatic N) is 1. The van der Waals surface area contributed by atoms with Gasteiger partial charge in [-0.25, -0.2) is 0 Å². The van der Waals surface area contributed by atoms with Gasteiger partial charge >= 0.3 is 0 Å². The lowest BCUT2D eigenvalue weighted by molar-refractivity contribution is -0.123. The largest absolute Gasteiger partial charge is 0.497 e. The number of hydrogen-bond donors (Lipinski definition) is 1. The first-order valence-corrected chi connectivity index (χ1v) is 6.36. The standard InChI is InChI=1S/C14H18N2O2/c1-16-12-9-10(18-2)3-4-11(12)14(13(16)17)5-7-15-8-6-14/h3-4,9,15H,5-8H2,1-2H3. The molecule has 18 heavy (non-hydrogen) atoms. The number of carbonyl (C=O) groups is 1. The summed E-state index contributed by atoms with van der Waals surface area (Å²) in [6, 6.07) is 5.97. The Balaban J connectivity index is 2.12. The SMILES string of the molecule is COc1ccc2c(c1)N(C)C(=O)C21CCNCC1. The summed E-state index contributed by atoms with van der Waals surface area (Å²) in [5, 5.41) is 3.33. The van der Waals surface area contributed by atoms with Gasteiger partial charge in [0.05, 0.1) is 18.2 Å². The van der Waals surface area contributed by atoms with Gasteiger partial charge in [0, 0.05) is 13.1 Å². The van der Waals surface area contributed by atoms with E-state index in [1.807, 2.05) is 19.2 Å². The maximum atomic E-state index is 12.6. The quantitative estimate of drug-likeness (QED) is 0.812. The molecule has 1 fully saturated rings. The molecular weight excluding hydrogens is 228 g/mol. The highest BCUT2D eigenvalue weighted by Crippen LogP contribution is 2.47. The Labute approximate surface area is 107 Å². The lowest BCUT2D eigenvalue weighted by atomic mass is 9.74. The van der Waals surface area contributed by atoms with Crippen molar-refractivity contribution in [3.05, 3.63) is 23.8 Å². The van der Waals surface area contributed by atoms with Crippen molar-refractivity contribution in [3.63, 3.8) is 0 Å². The average Bonchev–Trinajstić information content (AvgIpc) is 2.63. The van der Waals surface area contributed by atoms with E-state index in [0.29, 0.717) is 0 Å². The highest BCUT2D eigenvalue weighted by molar-refractivity contribution is 6.08. The van der Waals surface area contributed by atoms with E-state index in [1.54, 1.807) is 12.0 Å². The van der Waals surface area contributed by atoms with E-state index in [1.165, 1.54) is 0 Å². The molecule has 2 aliphatic heterocycles. The molecule has 0 atom stereocenters. The van der Waals surface area contributed by atoms with Crippen LogP contribution >= 0.6 is 0 Å². The number of likely N-dealkylation sites (N-methyl/N-ethyl adjacent to an activating group) is 1. The fraction of sp³-hybridized carbons (Fsp3) is 0.500. The van der Waals surface area contributed by atoms with Crippen LogP contribution in [0, 0.1) is 0 Å². The molecule has 1 saturated heterocycles. The number of anilines is 1. The first-order valence-electron chi connectivity index (χ1n) is 6.36. The van der Waals surface area contributed by atoms with E-state index in [2.05, 4.69) is 11.4 Å². The van der Waals surface area contributed by atoms with Crippen molar-refractivity contribution in [2.75, 3.05) is 32.1 Å². The van der Waals surface area contributed by atoms with E-state index in [-0.39, 0.29) is 11.3 Å². The number of methoxy groups -OCH3 is 1. The van der Waals surface area contributed by atoms with Crippen LogP contribution in [0.15, 0.2) is 18.2 Å². The molecule has 1 aromatic rings. The van der Waals surface area contributed by atoms with Crippen LogP contribution in [0.1, 0.15) is 18.4 Å². The van der Waals surface area contributed by atoms with Crippen LogP contribution in [0.4, 0.5) is 5.69 Å². The zero-order valence-electron chi connectivity index (χ0n) is 10.8. The molecule has 4 heteroatoms. The second-order valence-corrected chi connectivity index (χ2v) is 5.08. The summed E-state index contributed by atoms with van der Waals surface area (Å²) in [4.78, 5) is 14.4. The van der Waals surface area contributed by atoms with Crippen molar-refractivity contribution in [1.29, 1.82) is 0 Å². The van der Waals surface area contributed by atoms with Crippen molar-refractivity contribution >= 4 is 11.6 Å². The Morgan fingerprint density at radius 3 is 2.72 bits per heavy atom. The van der Waals surface area contributed by atoms with Gasteiger partial charge in [0.25, 0.3) is 0 Å². The smallest absolute Gasteiger partial charge is 0.237 e. The van der Waals surface area contributed by atoms with Crippen LogP contribution in [0.25, 0.3) is 0 Å². The van der Waals surface area contributed by atoms with Gasteiger partial charge in [-0.2, -0.15) is 0 Å². The van der Waals surface area contributed by atoms with Crippen molar-refractivity contribution in [2.24, 2.45) is 0 Å². The van der Waals surface area contributed by atoms with Gasteiger partial charge < -0.3 is 15.0 Å². The summed E-state index contributed by atoms with van der Waals surface area (Å²) >= 11 is 0. The minimum absolute atomic E-state index is 0.229. The van der Waals surface area contributed by atoms with Gasteiger partial charge in [-0.05, 0) is 37.6 Å². The Kier molecular flexibility index (Phi) is 2.55. The maximum absolute atomic E-state index is 12.6. The van der Waals surface area contributed by atoms with Gasteiger partial charge in [0.2, 0.25) is 5.91 Å². The van der Waals surface area contributed by atoms with E-state index >= 15 is 0 Å². The first kappa shape index (κ1) is 11.5. The number of fused-ring (bicyclic) bond motifs is 2. The van der Waals surface area contributed by atoms with Crippen molar-refractivity contribution in [2.45, 2.75) is 18.3 Å². The third kappa shape index (κ3) is 1.38. The van der Waals surface area contributed by atoms with Crippen LogP contribution < -0.4 is 15.0 Å². The molecule has 0 aromatic heterocycles. The highest BCUT2D eigenvalue weighted by atomic mass is 16.5. The van der Waals surface area contributed by atoms with Crippen molar-refractivity contribution in [1.82, 2.24) is 5.32 Å². The summed E-state index contributed by atoms with van der Waals surface area (Å²) in [5.74, 6) is 1.03. The molecule has 4 nitrogen and oxygen atoms in total. The van der Waals surface area contributed by atoms with Gasteiger partial charge in [-0.3, -0.25) is 4.79 Å². The fourth-order valence-corrected chi connectivity index (χ4v) is 3.20. The third-order valence-corrected chi connectivity index (χ3v) is 4.25. The Morgan fingerprint density at radius 2 is 2.06 bits per heavy atom. The monoisotopic (exact) mass is 246 g/mol. The summed E-state index contributed by atoms with van der Waals surface area (Å²) < 4.78 is 5.25. The number of carbonyl (C=O) groups excluding carboxylic acids is 1. The third-order valence-electron chi connectivity index (χ3n) is 4.25. The zero-order chi connectivity index (χ0) is 12.8. The van der Waals surface area contributed by atoms with Crippen LogP contribution in [-0.2, 0) is 10.2 Å². The fourth-order valence-electron chi connectivity index (χ4n) is 3.20. The van der Waals surface area contributed by atoms with E-state index in [4.69, 9.17) is 4.74 Å². The van der Waals surface area contributed by atoms with Gasteiger partial charge in [0.15, 0.2) is 0 Å². The van der Waals surface area contributed by atoms with Crippen LogP contribution in [0.3, 0.4) is 0 Å². The molecule has 0 saturated carbocycles. The molecule has 2 heterocycles. The van der Waals surface area contributed by atoms with Crippen LogP contribution in [0.5, 0.6) is 5.75 Å². The topological polar surface area (TPSA) is 41.6 Å². The Morgan fingerprint density at radius 1 is 1.33 bits per heavy atom. The second kappa shape index (κ2) is 3.99. The molecule has 1 spiro atoms. The molecule has 0 radical (unpaired) electrons. The number of ether oxygens (including phenoxy) is 1. The molecular formula is C14H18N2O2. The van der Waals surface area contributed by atoms with Crippen molar-refractivity contribution in [3.8, 4) is 5.75 Å². The summed E-state index contributed by atoms with van der Waals surface area (Å²) in [6.45, 7) is 1.82. The predicted octanol–water partition coefficient (Wildman–Crippen LogP) is 1.29. The molecule has 3 rings (SSSR count). The number of piperidine rings is 1. The number of amides is 1. The summed E-state index contributed by atoms with van der Waals surface area (Å²) in [6.07, 6.45) is 1.77. The molecule has 1 N–H and O–H groups in total. The normalized spacial score (nSPS) is 21.2. The number of nitrogens with one attached hydrogen (secondary N) is 1. The Bertz CT molecular complexity index is 493. The highest BCUT2D eigenvalue weighted by Gasteiger charge is 2.49.